The first-order valence-electron chi connectivity index (χ1n) is 17.0. The van der Waals surface area contributed by atoms with Gasteiger partial charge in [-0.25, -0.2) is 0 Å². The number of ether oxygens (including phenoxy) is 2. The van der Waals surface area contributed by atoms with Crippen molar-refractivity contribution in [3.8, 4) is 0 Å². The van der Waals surface area contributed by atoms with Crippen molar-refractivity contribution in [2.24, 2.45) is 51.2 Å². The number of aliphatic hydroxyl groups excluding tert-OH is 4. The maximum Gasteiger partial charge on any atom is 0.314 e. The number of carbonyl (C=O) groups is 2. The Morgan fingerprint density at radius 2 is 1.56 bits per heavy atom. The lowest BCUT2D eigenvalue weighted by atomic mass is 9.34. The van der Waals surface area contributed by atoms with Gasteiger partial charge in [-0.15, -0.1) is 0 Å². The van der Waals surface area contributed by atoms with E-state index in [2.05, 4.69) is 40.9 Å². The molecule has 254 valence electrons. The van der Waals surface area contributed by atoms with Crippen molar-refractivity contribution in [1.29, 1.82) is 0 Å². The minimum Gasteiger partial charge on any atom is -0.481 e. The smallest absolute Gasteiger partial charge is 0.314 e. The van der Waals surface area contributed by atoms with Gasteiger partial charge in [0.15, 0.2) is 0 Å². The van der Waals surface area contributed by atoms with E-state index in [1.807, 2.05) is 6.92 Å². The van der Waals surface area contributed by atoms with E-state index < -0.39 is 54.7 Å². The quantitative estimate of drug-likeness (QED) is 0.191. The number of fused-ring (bicyclic) bond motifs is 5. The molecular weight excluding hydrogens is 576 g/mol. The highest BCUT2D eigenvalue weighted by Crippen LogP contribution is 2.76. The maximum absolute atomic E-state index is 14.4. The fraction of sp³-hybridized carbons (Fsp3) is 0.833. The molecule has 0 aromatic rings. The van der Waals surface area contributed by atoms with Crippen molar-refractivity contribution in [2.45, 2.75) is 130 Å². The molecule has 5 fully saturated rings. The molecule has 45 heavy (non-hydrogen) atoms. The first-order chi connectivity index (χ1) is 21.0. The average Bonchev–Trinajstić information content (AvgIpc) is 3.38. The summed E-state index contributed by atoms with van der Waals surface area (Å²) in [6.07, 6.45) is 0.0544. The van der Waals surface area contributed by atoms with Crippen molar-refractivity contribution >= 4 is 11.9 Å². The van der Waals surface area contributed by atoms with Crippen LogP contribution in [0.1, 0.15) is 98.8 Å². The number of aliphatic hydroxyl groups is 4. The standard InChI is InChI=1S/C36H56O9/c1-19(2)21-10-15-36(32(43)45-31-30(42)29(41)28(40)24(18-37)44-31)17-16-34(6)23(27(21)36)8-9-25-33(5,13-12-26(38)39)22(20(3)4)11-14-35(25,34)7/h21-25,27-31,37,40-42H,1,3,8-18H2,2,4-7H3,(H,38,39). The molecule has 14 unspecified atom stereocenters. The summed E-state index contributed by atoms with van der Waals surface area (Å²) < 4.78 is 11.5. The number of allylic oxidation sites excluding steroid dienone is 2. The van der Waals surface area contributed by atoms with Crippen LogP contribution in [-0.4, -0.2) is 74.8 Å². The van der Waals surface area contributed by atoms with Crippen LogP contribution < -0.4 is 0 Å². The molecule has 1 heterocycles. The molecule has 4 aliphatic carbocycles. The molecule has 5 rings (SSSR count). The van der Waals surface area contributed by atoms with E-state index in [-0.39, 0.29) is 46.3 Å². The molecular formula is C36H56O9. The summed E-state index contributed by atoms with van der Waals surface area (Å²) in [5, 5.41) is 50.6. The molecule has 0 bridgehead atoms. The van der Waals surface area contributed by atoms with Gasteiger partial charge in [-0.1, -0.05) is 45.1 Å². The molecule has 0 aromatic carbocycles. The lowest BCUT2D eigenvalue weighted by molar-refractivity contribution is -0.298. The van der Waals surface area contributed by atoms with Crippen LogP contribution >= 0.6 is 0 Å². The van der Waals surface area contributed by atoms with Gasteiger partial charge in [-0.05, 0) is 117 Å². The van der Waals surface area contributed by atoms with Gasteiger partial charge in [0.25, 0.3) is 0 Å². The Kier molecular flexibility index (Phi) is 9.24. The number of hydrogen-bond acceptors (Lipinski definition) is 8. The number of carboxylic acids is 1. The molecule has 0 spiro atoms. The zero-order valence-electron chi connectivity index (χ0n) is 27.8. The van der Waals surface area contributed by atoms with Crippen LogP contribution in [0.4, 0.5) is 0 Å². The number of rotatable bonds is 8. The Bertz CT molecular complexity index is 1200. The van der Waals surface area contributed by atoms with E-state index in [0.717, 1.165) is 49.7 Å². The van der Waals surface area contributed by atoms with Gasteiger partial charge < -0.3 is 35.0 Å². The lowest BCUT2D eigenvalue weighted by Crippen LogP contribution is -2.65. The van der Waals surface area contributed by atoms with Crippen LogP contribution in [0, 0.1) is 51.2 Å². The fourth-order valence-corrected chi connectivity index (χ4v) is 11.8. The number of hydrogen-bond donors (Lipinski definition) is 5. The molecule has 9 heteroatoms. The predicted molar refractivity (Wildman–Crippen MR) is 167 cm³/mol. The van der Waals surface area contributed by atoms with Gasteiger partial charge in [0, 0.05) is 6.42 Å². The summed E-state index contributed by atoms with van der Waals surface area (Å²) >= 11 is 0. The third-order valence-electron chi connectivity index (χ3n) is 14.3. The molecule has 14 atom stereocenters. The number of carboxylic acid groups (broad SMARTS) is 1. The van der Waals surface area contributed by atoms with Gasteiger partial charge in [0.2, 0.25) is 6.29 Å². The third-order valence-corrected chi connectivity index (χ3v) is 14.3. The van der Waals surface area contributed by atoms with Crippen molar-refractivity contribution in [3.63, 3.8) is 0 Å². The van der Waals surface area contributed by atoms with E-state index >= 15 is 0 Å². The first kappa shape index (κ1) is 34.6. The second-order valence-electron chi connectivity index (χ2n) is 16.2. The van der Waals surface area contributed by atoms with Gasteiger partial charge in [0.1, 0.15) is 24.4 Å². The van der Waals surface area contributed by atoms with Crippen molar-refractivity contribution in [1.82, 2.24) is 0 Å². The van der Waals surface area contributed by atoms with E-state index in [4.69, 9.17) is 9.47 Å². The molecule has 0 aromatic heterocycles. The second kappa shape index (κ2) is 12.0. The second-order valence-corrected chi connectivity index (χ2v) is 16.2. The summed E-state index contributed by atoms with van der Waals surface area (Å²) in [4.78, 5) is 26.2. The maximum atomic E-state index is 14.4. The van der Waals surface area contributed by atoms with E-state index in [0.29, 0.717) is 25.2 Å². The zero-order valence-corrected chi connectivity index (χ0v) is 27.8. The van der Waals surface area contributed by atoms with Crippen LogP contribution in [0.3, 0.4) is 0 Å². The van der Waals surface area contributed by atoms with E-state index in [1.165, 1.54) is 0 Å². The van der Waals surface area contributed by atoms with Crippen LogP contribution in [0.15, 0.2) is 24.3 Å². The normalized spacial score (nSPS) is 49.3. The van der Waals surface area contributed by atoms with Crippen molar-refractivity contribution < 1.29 is 44.6 Å². The molecule has 0 amide bonds. The molecule has 1 aliphatic heterocycles. The molecule has 0 radical (unpaired) electrons. The van der Waals surface area contributed by atoms with Crippen LogP contribution in [0.5, 0.6) is 0 Å². The summed E-state index contributed by atoms with van der Waals surface area (Å²) in [5.74, 6) is -0.314. The lowest BCUT2D eigenvalue weighted by Gasteiger charge is -2.70. The van der Waals surface area contributed by atoms with E-state index in [1.54, 1.807) is 0 Å². The van der Waals surface area contributed by atoms with Gasteiger partial charge in [-0.2, -0.15) is 0 Å². The van der Waals surface area contributed by atoms with Crippen molar-refractivity contribution in [3.05, 3.63) is 24.3 Å². The fourth-order valence-electron chi connectivity index (χ4n) is 11.8. The van der Waals surface area contributed by atoms with Crippen molar-refractivity contribution in [2.75, 3.05) is 6.61 Å². The molecule has 5 aliphatic rings. The van der Waals surface area contributed by atoms with Gasteiger partial charge in [-0.3, -0.25) is 9.59 Å². The molecule has 5 N–H and O–H groups in total. The first-order valence-corrected chi connectivity index (χ1v) is 17.0. The summed E-state index contributed by atoms with van der Waals surface area (Å²) in [5.41, 5.74) is 1.02. The summed E-state index contributed by atoms with van der Waals surface area (Å²) in [7, 11) is 0. The number of esters is 1. The average molecular weight is 633 g/mol. The predicted octanol–water partition coefficient (Wildman–Crippen LogP) is 4.61. The van der Waals surface area contributed by atoms with Gasteiger partial charge in [0.05, 0.1) is 12.0 Å². The number of carbonyl (C=O) groups excluding carboxylic acids is 1. The molecule has 4 saturated carbocycles. The SMILES string of the molecule is C=C(C)C1CCC2(C(=O)OC3OC(CO)C(O)C(O)C3O)CCC3(C)C(CCC4C(C)(CCC(=O)O)C(C(=C)C)CCC43C)C12. The van der Waals surface area contributed by atoms with Crippen LogP contribution in [-0.2, 0) is 19.1 Å². The van der Waals surface area contributed by atoms with Crippen LogP contribution in [0.25, 0.3) is 0 Å². The molecule has 1 saturated heterocycles. The minimum absolute atomic E-state index is 0.0203. The Morgan fingerprint density at radius 1 is 0.867 bits per heavy atom. The Balaban J connectivity index is 1.49. The van der Waals surface area contributed by atoms with E-state index in [9.17, 15) is 35.1 Å². The molecule has 9 nitrogen and oxygen atoms in total. The third kappa shape index (κ3) is 5.14. The Hall–Kier alpha value is -1.78. The minimum atomic E-state index is -1.64. The summed E-state index contributed by atoms with van der Waals surface area (Å²) in [6, 6.07) is 0. The van der Waals surface area contributed by atoms with Gasteiger partial charge >= 0.3 is 11.9 Å². The van der Waals surface area contributed by atoms with Crippen LogP contribution in [0.2, 0.25) is 0 Å². The zero-order chi connectivity index (χ0) is 33.3. The largest absolute Gasteiger partial charge is 0.481 e. The highest BCUT2D eigenvalue weighted by molar-refractivity contribution is 5.78. The summed E-state index contributed by atoms with van der Waals surface area (Å²) in [6.45, 7) is 19.4. The topological polar surface area (TPSA) is 154 Å². The Labute approximate surface area is 268 Å². The number of aliphatic carboxylic acids is 1. The highest BCUT2D eigenvalue weighted by atomic mass is 16.7. The monoisotopic (exact) mass is 632 g/mol. The Morgan fingerprint density at radius 3 is 2.16 bits per heavy atom. The highest BCUT2D eigenvalue weighted by Gasteiger charge is 2.71.